The molecule has 1 aromatic heterocycles. The zero-order valence-corrected chi connectivity index (χ0v) is 14.9. The number of halogens is 3. The first-order valence-electron chi connectivity index (χ1n) is 8.91. The molecule has 9 heteroatoms. The van der Waals surface area contributed by atoms with Crippen LogP contribution in [0.15, 0.2) is 30.5 Å². The lowest BCUT2D eigenvalue weighted by Crippen LogP contribution is -2.45. The highest BCUT2D eigenvalue weighted by Crippen LogP contribution is 2.32. The predicted octanol–water partition coefficient (Wildman–Crippen LogP) is 3.09. The number of amides is 1. The van der Waals surface area contributed by atoms with Crippen molar-refractivity contribution in [3.8, 4) is 0 Å². The van der Waals surface area contributed by atoms with Crippen LogP contribution in [0.25, 0.3) is 0 Å². The van der Waals surface area contributed by atoms with Crippen molar-refractivity contribution in [1.29, 1.82) is 0 Å². The minimum Gasteiger partial charge on any atom is -0.356 e. The van der Waals surface area contributed by atoms with Crippen molar-refractivity contribution in [3.05, 3.63) is 53.5 Å². The van der Waals surface area contributed by atoms with E-state index in [1.807, 2.05) is 0 Å². The Bertz CT molecular complexity index is 876. The van der Waals surface area contributed by atoms with Crippen LogP contribution in [0.4, 0.5) is 24.7 Å². The summed E-state index contributed by atoms with van der Waals surface area (Å²) in [6.07, 6.45) is 2.81. The lowest BCUT2D eigenvalue weighted by atomic mass is 10.0. The topological polar surface area (TPSA) is 63.7 Å². The van der Waals surface area contributed by atoms with Crippen LogP contribution in [0, 0.1) is 17.5 Å². The third-order valence-corrected chi connectivity index (χ3v) is 4.96. The molecular formula is C19H18F3N3O3. The number of nitrogens with one attached hydrogen (secondary N) is 1. The standard InChI is InChI=1S/C19H18F3N3O3/c20-13-2-3-14(17(22)16(13)21)24-18(26)12-1-4-15(23-11-12)25-7-5-19(6-8-25)27-9-10-28-19/h1-4,11H,5-10H2,(H,24,26). The van der Waals surface area contributed by atoms with E-state index in [0.717, 1.165) is 25.0 Å². The Labute approximate surface area is 159 Å². The average molecular weight is 393 g/mol. The summed E-state index contributed by atoms with van der Waals surface area (Å²) >= 11 is 0. The fourth-order valence-corrected chi connectivity index (χ4v) is 3.39. The molecule has 2 aromatic rings. The van der Waals surface area contributed by atoms with Crippen molar-refractivity contribution >= 4 is 17.4 Å². The van der Waals surface area contributed by atoms with Gasteiger partial charge in [-0.15, -0.1) is 0 Å². The minimum atomic E-state index is -1.63. The van der Waals surface area contributed by atoms with Crippen molar-refractivity contribution in [3.63, 3.8) is 0 Å². The molecule has 0 unspecified atom stereocenters. The van der Waals surface area contributed by atoms with Gasteiger partial charge in [0.1, 0.15) is 5.82 Å². The van der Waals surface area contributed by atoms with Gasteiger partial charge < -0.3 is 19.7 Å². The van der Waals surface area contributed by atoms with Crippen molar-refractivity contribution in [2.75, 3.05) is 36.5 Å². The smallest absolute Gasteiger partial charge is 0.257 e. The maximum Gasteiger partial charge on any atom is 0.257 e. The Morgan fingerprint density at radius 2 is 1.75 bits per heavy atom. The molecule has 6 nitrogen and oxygen atoms in total. The van der Waals surface area contributed by atoms with Crippen LogP contribution in [0.1, 0.15) is 23.2 Å². The number of carbonyl (C=O) groups is 1. The SMILES string of the molecule is O=C(Nc1ccc(F)c(F)c1F)c1ccc(N2CCC3(CC2)OCCO3)nc1. The lowest BCUT2D eigenvalue weighted by molar-refractivity contribution is -0.169. The first-order valence-corrected chi connectivity index (χ1v) is 8.91. The highest BCUT2D eigenvalue weighted by Gasteiger charge is 2.40. The summed E-state index contributed by atoms with van der Waals surface area (Å²) in [6, 6.07) is 4.94. The molecule has 2 fully saturated rings. The number of piperidine rings is 1. The largest absolute Gasteiger partial charge is 0.356 e. The van der Waals surface area contributed by atoms with Crippen LogP contribution in [0.5, 0.6) is 0 Å². The average Bonchev–Trinajstić information content (AvgIpc) is 3.17. The molecule has 148 valence electrons. The fourth-order valence-electron chi connectivity index (χ4n) is 3.39. The van der Waals surface area contributed by atoms with Gasteiger partial charge in [-0.2, -0.15) is 0 Å². The van der Waals surface area contributed by atoms with Crippen LogP contribution < -0.4 is 10.2 Å². The minimum absolute atomic E-state index is 0.170. The van der Waals surface area contributed by atoms with Gasteiger partial charge in [0.25, 0.3) is 5.91 Å². The highest BCUT2D eigenvalue weighted by molar-refractivity contribution is 6.04. The number of ether oxygens (including phenoxy) is 2. The molecule has 4 rings (SSSR count). The Kier molecular flexibility index (Phi) is 4.94. The zero-order chi connectivity index (χ0) is 19.7. The molecular weight excluding hydrogens is 375 g/mol. The van der Waals surface area contributed by atoms with E-state index in [4.69, 9.17) is 9.47 Å². The van der Waals surface area contributed by atoms with Gasteiger partial charge in [-0.3, -0.25) is 4.79 Å². The lowest BCUT2D eigenvalue weighted by Gasteiger charge is -2.38. The number of hydrogen-bond acceptors (Lipinski definition) is 5. The summed E-state index contributed by atoms with van der Waals surface area (Å²) in [4.78, 5) is 18.6. The third kappa shape index (κ3) is 3.55. The number of pyridine rings is 1. The first kappa shape index (κ1) is 18.7. The Hall–Kier alpha value is -2.65. The summed E-state index contributed by atoms with van der Waals surface area (Å²) in [5, 5.41) is 2.22. The van der Waals surface area contributed by atoms with Gasteiger partial charge in [-0.05, 0) is 24.3 Å². The second kappa shape index (κ2) is 7.40. The molecule has 0 radical (unpaired) electrons. The van der Waals surface area contributed by atoms with Crippen molar-refractivity contribution in [2.45, 2.75) is 18.6 Å². The van der Waals surface area contributed by atoms with Crippen LogP contribution in [0.3, 0.4) is 0 Å². The molecule has 1 aromatic carbocycles. The molecule has 1 spiro atoms. The van der Waals surface area contributed by atoms with Gasteiger partial charge in [0.05, 0.1) is 24.5 Å². The van der Waals surface area contributed by atoms with E-state index in [-0.39, 0.29) is 5.56 Å². The van der Waals surface area contributed by atoms with Crippen LogP contribution in [0.2, 0.25) is 0 Å². The predicted molar refractivity (Wildman–Crippen MR) is 94.6 cm³/mol. The zero-order valence-electron chi connectivity index (χ0n) is 14.9. The molecule has 0 saturated carbocycles. The van der Waals surface area contributed by atoms with Gasteiger partial charge in [-0.25, -0.2) is 18.2 Å². The van der Waals surface area contributed by atoms with Crippen molar-refractivity contribution in [1.82, 2.24) is 4.98 Å². The van der Waals surface area contributed by atoms with E-state index in [9.17, 15) is 18.0 Å². The normalized spacial score (nSPS) is 18.5. The number of aromatic nitrogens is 1. The molecule has 0 aliphatic carbocycles. The monoisotopic (exact) mass is 393 g/mol. The van der Waals surface area contributed by atoms with Gasteiger partial charge >= 0.3 is 0 Å². The summed E-state index contributed by atoms with van der Waals surface area (Å²) < 4.78 is 51.3. The van der Waals surface area contributed by atoms with E-state index in [1.165, 1.54) is 6.20 Å². The van der Waals surface area contributed by atoms with E-state index >= 15 is 0 Å². The Morgan fingerprint density at radius 3 is 2.39 bits per heavy atom. The summed E-state index contributed by atoms with van der Waals surface area (Å²) in [5.41, 5.74) is -0.269. The van der Waals surface area contributed by atoms with E-state index in [0.29, 0.717) is 32.1 Å². The van der Waals surface area contributed by atoms with E-state index < -0.39 is 34.8 Å². The second-order valence-electron chi connectivity index (χ2n) is 6.68. The molecule has 2 saturated heterocycles. The quantitative estimate of drug-likeness (QED) is 0.812. The summed E-state index contributed by atoms with van der Waals surface area (Å²) in [6.45, 7) is 2.64. The number of benzene rings is 1. The summed E-state index contributed by atoms with van der Waals surface area (Å²) in [7, 11) is 0. The number of carbonyl (C=O) groups excluding carboxylic acids is 1. The van der Waals surface area contributed by atoms with Crippen LogP contribution >= 0.6 is 0 Å². The molecule has 28 heavy (non-hydrogen) atoms. The number of hydrogen-bond donors (Lipinski definition) is 1. The van der Waals surface area contributed by atoms with Gasteiger partial charge in [-0.1, -0.05) is 0 Å². The van der Waals surface area contributed by atoms with Crippen LogP contribution in [-0.4, -0.2) is 43.0 Å². The second-order valence-corrected chi connectivity index (χ2v) is 6.68. The first-order chi connectivity index (χ1) is 13.5. The van der Waals surface area contributed by atoms with Crippen molar-refractivity contribution < 1.29 is 27.4 Å². The van der Waals surface area contributed by atoms with Crippen molar-refractivity contribution in [2.24, 2.45) is 0 Å². The Morgan fingerprint density at radius 1 is 1.04 bits per heavy atom. The molecule has 1 N–H and O–H groups in total. The molecule has 0 atom stereocenters. The number of anilines is 2. The van der Waals surface area contributed by atoms with E-state index in [1.54, 1.807) is 12.1 Å². The number of nitrogens with zero attached hydrogens (tertiary/aromatic N) is 2. The fraction of sp³-hybridized carbons (Fsp3) is 0.368. The highest BCUT2D eigenvalue weighted by atomic mass is 19.2. The molecule has 3 heterocycles. The van der Waals surface area contributed by atoms with Gasteiger partial charge in [0.2, 0.25) is 0 Å². The molecule has 2 aliphatic rings. The Balaban J connectivity index is 1.40. The number of rotatable bonds is 3. The molecule has 0 bridgehead atoms. The maximum absolute atomic E-state index is 13.7. The summed E-state index contributed by atoms with van der Waals surface area (Å²) in [5.74, 6) is -4.86. The molecule has 1 amide bonds. The van der Waals surface area contributed by atoms with E-state index in [2.05, 4.69) is 15.2 Å². The van der Waals surface area contributed by atoms with Gasteiger partial charge in [0.15, 0.2) is 23.2 Å². The third-order valence-electron chi connectivity index (χ3n) is 4.96. The van der Waals surface area contributed by atoms with Gasteiger partial charge in [0, 0.05) is 32.1 Å². The molecule has 2 aliphatic heterocycles. The van der Waals surface area contributed by atoms with Crippen LogP contribution in [-0.2, 0) is 9.47 Å². The maximum atomic E-state index is 13.7.